The molecule has 0 radical (unpaired) electrons. The molecule has 4 nitrogen and oxygen atoms in total. The van der Waals surface area contributed by atoms with Gasteiger partial charge >= 0.3 is 0 Å². The first kappa shape index (κ1) is 17.9. The predicted molar refractivity (Wildman–Crippen MR) is 107 cm³/mol. The lowest BCUT2D eigenvalue weighted by Crippen LogP contribution is -2.41. The molecule has 2 fully saturated rings. The van der Waals surface area contributed by atoms with Crippen LogP contribution < -0.4 is 4.90 Å². The van der Waals surface area contributed by atoms with Crippen molar-refractivity contribution in [2.75, 3.05) is 31.1 Å². The number of carbonyl (C=O) groups is 1. The van der Waals surface area contributed by atoms with Crippen molar-refractivity contribution in [1.29, 1.82) is 5.26 Å². The predicted octanol–water partition coefficient (Wildman–Crippen LogP) is 3.98. The Morgan fingerprint density at radius 1 is 0.963 bits per heavy atom. The summed E-state index contributed by atoms with van der Waals surface area (Å²) in [6.45, 7) is 3.26. The maximum atomic E-state index is 13.3. The van der Waals surface area contributed by atoms with Gasteiger partial charge in [-0.2, -0.15) is 5.26 Å². The summed E-state index contributed by atoms with van der Waals surface area (Å²) in [4.78, 5) is 17.6. The van der Waals surface area contributed by atoms with Crippen LogP contribution >= 0.6 is 11.6 Å². The molecule has 0 bridgehead atoms. The van der Waals surface area contributed by atoms with Crippen LogP contribution in [0.4, 0.5) is 5.69 Å². The normalized spacial score (nSPS) is 18.5. The van der Waals surface area contributed by atoms with E-state index in [-0.39, 0.29) is 11.3 Å². The van der Waals surface area contributed by atoms with Crippen molar-refractivity contribution in [3.05, 3.63) is 64.7 Å². The number of benzene rings is 2. The minimum Gasteiger partial charge on any atom is -0.370 e. The van der Waals surface area contributed by atoms with Gasteiger partial charge < -0.3 is 9.80 Å². The van der Waals surface area contributed by atoms with Crippen molar-refractivity contribution in [2.45, 2.75) is 24.7 Å². The first-order valence-corrected chi connectivity index (χ1v) is 9.81. The molecule has 1 saturated carbocycles. The summed E-state index contributed by atoms with van der Waals surface area (Å²) in [5, 5.41) is 9.66. The molecule has 1 aliphatic carbocycles. The Hall–Kier alpha value is -2.51. The molecule has 1 saturated heterocycles. The topological polar surface area (TPSA) is 47.3 Å². The monoisotopic (exact) mass is 379 g/mol. The highest BCUT2D eigenvalue weighted by Gasteiger charge is 2.52. The highest BCUT2D eigenvalue weighted by atomic mass is 35.5. The number of nitrogens with zero attached hydrogens (tertiary/aromatic N) is 3. The van der Waals surface area contributed by atoms with Crippen LogP contribution in [0.25, 0.3) is 0 Å². The van der Waals surface area contributed by atoms with E-state index in [2.05, 4.69) is 11.0 Å². The number of hydrogen-bond acceptors (Lipinski definition) is 3. The van der Waals surface area contributed by atoms with Crippen molar-refractivity contribution in [2.24, 2.45) is 0 Å². The molecular weight excluding hydrogens is 358 g/mol. The van der Waals surface area contributed by atoms with Gasteiger partial charge in [0.25, 0.3) is 0 Å². The van der Waals surface area contributed by atoms with Gasteiger partial charge in [-0.3, -0.25) is 4.79 Å². The standard InChI is InChI=1S/C22H22ClN3O/c23-19-6-4-18(5-7-19)22(10-11-22)21(27)26-13-1-12-25(14-15-26)20-8-2-17(16-24)3-9-20/h2-9H,1,10-15H2. The van der Waals surface area contributed by atoms with Crippen molar-refractivity contribution in [3.8, 4) is 6.07 Å². The molecule has 27 heavy (non-hydrogen) atoms. The van der Waals surface area contributed by atoms with Gasteiger partial charge in [0, 0.05) is 36.9 Å². The first-order valence-electron chi connectivity index (χ1n) is 9.43. The third-order valence-corrected chi connectivity index (χ3v) is 5.95. The molecule has 1 aliphatic heterocycles. The smallest absolute Gasteiger partial charge is 0.233 e. The summed E-state index contributed by atoms with van der Waals surface area (Å²) in [6.07, 6.45) is 2.79. The molecule has 2 aromatic rings. The van der Waals surface area contributed by atoms with Crippen LogP contribution in [0.1, 0.15) is 30.4 Å². The molecule has 0 aromatic heterocycles. The molecule has 0 unspecified atom stereocenters. The highest BCUT2D eigenvalue weighted by molar-refractivity contribution is 6.30. The Bertz CT molecular complexity index is 866. The summed E-state index contributed by atoms with van der Waals surface area (Å²) in [5.74, 6) is 0.256. The fraction of sp³-hybridized carbons (Fsp3) is 0.364. The Balaban J connectivity index is 1.45. The lowest BCUT2D eigenvalue weighted by molar-refractivity contribution is -0.133. The summed E-state index contributed by atoms with van der Waals surface area (Å²) < 4.78 is 0. The molecule has 0 N–H and O–H groups in total. The van der Waals surface area contributed by atoms with Gasteiger partial charge in [-0.25, -0.2) is 0 Å². The molecule has 1 amide bonds. The Kier molecular flexibility index (Phi) is 4.80. The first-order chi connectivity index (χ1) is 13.1. The second-order valence-electron chi connectivity index (χ2n) is 7.38. The molecule has 5 heteroatoms. The summed E-state index contributed by atoms with van der Waals surface area (Å²) in [5.41, 5.74) is 2.53. The molecule has 0 spiro atoms. The van der Waals surface area contributed by atoms with Crippen molar-refractivity contribution < 1.29 is 4.79 Å². The van der Waals surface area contributed by atoms with Gasteiger partial charge in [0.05, 0.1) is 17.0 Å². The molecule has 1 heterocycles. The van der Waals surface area contributed by atoms with Crippen LogP contribution in [0.5, 0.6) is 0 Å². The summed E-state index contributed by atoms with van der Waals surface area (Å²) in [7, 11) is 0. The van der Waals surface area contributed by atoms with Gasteiger partial charge in [-0.1, -0.05) is 23.7 Å². The maximum absolute atomic E-state index is 13.3. The number of halogens is 1. The van der Waals surface area contributed by atoms with E-state index in [1.54, 1.807) is 0 Å². The second kappa shape index (κ2) is 7.25. The van der Waals surface area contributed by atoms with E-state index in [1.807, 2.05) is 53.4 Å². The Labute approximate surface area is 165 Å². The highest BCUT2D eigenvalue weighted by Crippen LogP contribution is 2.49. The maximum Gasteiger partial charge on any atom is 0.233 e. The van der Waals surface area contributed by atoms with Gasteiger partial charge in [0.2, 0.25) is 5.91 Å². The minimum atomic E-state index is -0.339. The van der Waals surface area contributed by atoms with Crippen molar-refractivity contribution in [1.82, 2.24) is 4.90 Å². The van der Waals surface area contributed by atoms with Crippen LogP contribution in [-0.2, 0) is 10.2 Å². The lowest BCUT2D eigenvalue weighted by Gasteiger charge is -2.27. The zero-order valence-electron chi connectivity index (χ0n) is 15.2. The van der Waals surface area contributed by atoms with E-state index in [4.69, 9.17) is 16.9 Å². The van der Waals surface area contributed by atoms with E-state index in [0.717, 1.165) is 56.7 Å². The average Bonchev–Trinajstić information content (AvgIpc) is 3.53. The van der Waals surface area contributed by atoms with Gasteiger partial charge in [-0.15, -0.1) is 0 Å². The Morgan fingerprint density at radius 3 is 2.30 bits per heavy atom. The van der Waals surface area contributed by atoms with Crippen LogP contribution in [0, 0.1) is 11.3 Å². The summed E-state index contributed by atoms with van der Waals surface area (Å²) >= 11 is 6.01. The quantitative estimate of drug-likeness (QED) is 0.810. The number of hydrogen-bond donors (Lipinski definition) is 0. The third kappa shape index (κ3) is 3.52. The van der Waals surface area contributed by atoms with Gasteiger partial charge in [0.1, 0.15) is 0 Å². The second-order valence-corrected chi connectivity index (χ2v) is 7.82. The SMILES string of the molecule is N#Cc1ccc(N2CCCN(C(=O)C3(c4ccc(Cl)cc4)CC3)CC2)cc1. The van der Waals surface area contributed by atoms with Crippen molar-refractivity contribution >= 4 is 23.2 Å². The number of nitriles is 1. The molecular formula is C22H22ClN3O. The van der Waals surface area contributed by atoms with E-state index >= 15 is 0 Å². The number of carbonyl (C=O) groups excluding carboxylic acids is 1. The van der Waals surface area contributed by atoms with E-state index in [0.29, 0.717) is 10.6 Å². The molecule has 2 aromatic carbocycles. The number of anilines is 1. The van der Waals surface area contributed by atoms with E-state index in [1.165, 1.54) is 0 Å². The zero-order valence-corrected chi connectivity index (χ0v) is 16.0. The van der Waals surface area contributed by atoms with Crippen LogP contribution in [0.3, 0.4) is 0 Å². The zero-order chi connectivity index (χ0) is 18.9. The number of amides is 1. The minimum absolute atomic E-state index is 0.256. The van der Waals surface area contributed by atoms with E-state index in [9.17, 15) is 4.79 Å². The molecule has 2 aliphatic rings. The number of rotatable bonds is 3. The van der Waals surface area contributed by atoms with Crippen LogP contribution in [0.2, 0.25) is 5.02 Å². The molecule has 0 atom stereocenters. The average molecular weight is 380 g/mol. The van der Waals surface area contributed by atoms with Crippen LogP contribution in [0.15, 0.2) is 48.5 Å². The Morgan fingerprint density at radius 2 is 1.67 bits per heavy atom. The third-order valence-electron chi connectivity index (χ3n) is 5.70. The lowest BCUT2D eigenvalue weighted by atomic mass is 9.94. The summed E-state index contributed by atoms with van der Waals surface area (Å²) in [6, 6.07) is 17.6. The van der Waals surface area contributed by atoms with E-state index < -0.39 is 0 Å². The fourth-order valence-corrected chi connectivity index (χ4v) is 4.07. The van der Waals surface area contributed by atoms with Gasteiger partial charge in [0.15, 0.2) is 0 Å². The fourth-order valence-electron chi connectivity index (χ4n) is 3.95. The van der Waals surface area contributed by atoms with Crippen molar-refractivity contribution in [3.63, 3.8) is 0 Å². The molecule has 138 valence electrons. The van der Waals surface area contributed by atoms with Gasteiger partial charge in [-0.05, 0) is 61.2 Å². The molecule has 4 rings (SSSR count). The van der Waals surface area contributed by atoms with Crippen LogP contribution in [-0.4, -0.2) is 37.0 Å². The largest absolute Gasteiger partial charge is 0.370 e.